The highest BCUT2D eigenvalue weighted by atomic mass is 32.2. The van der Waals surface area contributed by atoms with Crippen LogP contribution >= 0.6 is 0 Å². The number of aromatic nitrogens is 1. The van der Waals surface area contributed by atoms with Gasteiger partial charge in [-0.15, -0.1) is 0 Å². The predicted octanol–water partition coefficient (Wildman–Crippen LogP) is 1.82. The average molecular weight is 532 g/mol. The standard InChI is InChI=1S/C26H37N5O5S/c1-19-14-23(36-5)15-20(2)26(19)37(34,35)30(4)18-24(32)28-16-25(33)29(3)17-21-8-12-31(13-9-21)22-6-10-27-11-7-22/h6-7,10-11,14-15,21H,8-9,12-13,16-18H2,1-5H3,(H,28,32). The van der Waals surface area contributed by atoms with E-state index in [1.165, 1.54) is 14.2 Å². The zero-order valence-corrected chi connectivity index (χ0v) is 23.0. The highest BCUT2D eigenvalue weighted by Crippen LogP contribution is 2.27. The van der Waals surface area contributed by atoms with Gasteiger partial charge in [0.1, 0.15) is 5.75 Å². The summed E-state index contributed by atoms with van der Waals surface area (Å²) in [5.74, 6) is 0.200. The monoisotopic (exact) mass is 531 g/mol. The van der Waals surface area contributed by atoms with Crippen LogP contribution in [-0.2, 0) is 19.6 Å². The van der Waals surface area contributed by atoms with Gasteiger partial charge in [0.15, 0.2) is 0 Å². The minimum absolute atomic E-state index is 0.148. The summed E-state index contributed by atoms with van der Waals surface area (Å²) in [4.78, 5) is 33.2. The number of hydrogen-bond acceptors (Lipinski definition) is 7. The molecule has 0 bridgehead atoms. The zero-order valence-electron chi connectivity index (χ0n) is 22.2. The molecule has 1 aliphatic heterocycles. The molecule has 1 saturated heterocycles. The van der Waals surface area contributed by atoms with Gasteiger partial charge in [0, 0.05) is 51.8 Å². The van der Waals surface area contributed by atoms with Crippen molar-refractivity contribution in [3.8, 4) is 5.75 Å². The molecule has 2 aromatic rings. The van der Waals surface area contributed by atoms with Gasteiger partial charge in [0.25, 0.3) is 0 Å². The molecule has 0 aliphatic carbocycles. The first kappa shape index (κ1) is 28.4. The Balaban J connectivity index is 1.46. The van der Waals surface area contributed by atoms with Gasteiger partial charge in [-0.2, -0.15) is 4.31 Å². The molecule has 0 spiro atoms. The number of rotatable bonds is 10. The molecule has 37 heavy (non-hydrogen) atoms. The Labute approximate surface area is 219 Å². The lowest BCUT2D eigenvalue weighted by Crippen LogP contribution is -2.45. The molecular formula is C26H37N5O5S. The van der Waals surface area contributed by atoms with Crippen molar-refractivity contribution >= 4 is 27.5 Å². The summed E-state index contributed by atoms with van der Waals surface area (Å²) in [5.41, 5.74) is 2.23. The summed E-state index contributed by atoms with van der Waals surface area (Å²) in [6, 6.07) is 7.29. The van der Waals surface area contributed by atoms with Crippen molar-refractivity contribution in [1.82, 2.24) is 19.5 Å². The third-order valence-corrected chi connectivity index (χ3v) is 8.85. The third-order valence-electron chi connectivity index (χ3n) is 6.74. The van der Waals surface area contributed by atoms with E-state index in [4.69, 9.17) is 4.74 Å². The van der Waals surface area contributed by atoms with Gasteiger partial charge in [0.05, 0.1) is 25.1 Å². The fraction of sp³-hybridized carbons (Fsp3) is 0.500. The highest BCUT2D eigenvalue weighted by Gasteiger charge is 2.27. The fourth-order valence-corrected chi connectivity index (χ4v) is 6.19. The van der Waals surface area contributed by atoms with E-state index in [2.05, 4.69) is 15.2 Å². The molecule has 0 radical (unpaired) electrons. The van der Waals surface area contributed by atoms with Crippen molar-refractivity contribution in [2.24, 2.45) is 5.92 Å². The molecular weight excluding hydrogens is 494 g/mol. The van der Waals surface area contributed by atoms with Crippen LogP contribution in [0.3, 0.4) is 0 Å². The molecule has 1 fully saturated rings. The molecule has 1 N–H and O–H groups in total. The number of nitrogens with one attached hydrogen (secondary N) is 1. The Morgan fingerprint density at radius 1 is 1.11 bits per heavy atom. The van der Waals surface area contributed by atoms with E-state index >= 15 is 0 Å². The van der Waals surface area contributed by atoms with Crippen LogP contribution in [-0.4, -0.2) is 88.4 Å². The number of methoxy groups -OCH3 is 1. The number of carbonyl (C=O) groups is 2. The average Bonchev–Trinajstić information content (AvgIpc) is 2.87. The minimum Gasteiger partial charge on any atom is -0.497 e. The Bertz CT molecular complexity index is 1170. The number of hydrogen-bond donors (Lipinski definition) is 1. The van der Waals surface area contributed by atoms with E-state index in [1.807, 2.05) is 12.1 Å². The molecule has 0 saturated carbocycles. The van der Waals surface area contributed by atoms with E-state index < -0.39 is 22.5 Å². The van der Waals surface area contributed by atoms with E-state index in [0.717, 1.165) is 35.9 Å². The number of ether oxygens (including phenoxy) is 1. The normalized spacial score (nSPS) is 14.5. The maximum atomic E-state index is 13.1. The van der Waals surface area contributed by atoms with Crippen molar-refractivity contribution in [2.45, 2.75) is 31.6 Å². The maximum Gasteiger partial charge on any atom is 0.243 e. The van der Waals surface area contributed by atoms with E-state index in [-0.39, 0.29) is 17.3 Å². The van der Waals surface area contributed by atoms with E-state index in [9.17, 15) is 18.0 Å². The van der Waals surface area contributed by atoms with Gasteiger partial charge < -0.3 is 19.9 Å². The van der Waals surface area contributed by atoms with Crippen molar-refractivity contribution in [1.29, 1.82) is 0 Å². The summed E-state index contributed by atoms with van der Waals surface area (Å²) in [6.07, 6.45) is 5.52. The lowest BCUT2D eigenvalue weighted by molar-refractivity contribution is -0.132. The van der Waals surface area contributed by atoms with Crippen LogP contribution in [0.2, 0.25) is 0 Å². The molecule has 0 atom stereocenters. The number of piperidine rings is 1. The minimum atomic E-state index is -3.90. The molecule has 3 rings (SSSR count). The second kappa shape index (κ2) is 12.4. The summed E-state index contributed by atoms with van der Waals surface area (Å²) in [7, 11) is 0.696. The summed E-state index contributed by atoms with van der Waals surface area (Å²) >= 11 is 0. The number of anilines is 1. The molecule has 0 unspecified atom stereocenters. The van der Waals surface area contributed by atoms with Gasteiger partial charge >= 0.3 is 0 Å². The molecule has 10 nitrogen and oxygen atoms in total. The summed E-state index contributed by atoms with van der Waals surface area (Å²) < 4.78 is 32.4. The third kappa shape index (κ3) is 7.20. The van der Waals surface area contributed by atoms with Crippen molar-refractivity contribution < 1.29 is 22.7 Å². The number of amides is 2. The molecule has 11 heteroatoms. The Hall–Kier alpha value is -3.18. The lowest BCUT2D eigenvalue weighted by Gasteiger charge is -2.35. The lowest BCUT2D eigenvalue weighted by atomic mass is 9.96. The summed E-state index contributed by atoms with van der Waals surface area (Å²) in [6.45, 7) is 5.25. The molecule has 1 aromatic heterocycles. The number of likely N-dealkylation sites (N-methyl/N-ethyl adjacent to an activating group) is 2. The highest BCUT2D eigenvalue weighted by molar-refractivity contribution is 7.89. The van der Waals surface area contributed by atoms with Gasteiger partial charge in [-0.1, -0.05) is 0 Å². The number of carbonyl (C=O) groups excluding carboxylic acids is 2. The largest absolute Gasteiger partial charge is 0.497 e. The van der Waals surface area contributed by atoms with Crippen LogP contribution in [0.15, 0.2) is 41.6 Å². The van der Waals surface area contributed by atoms with Crippen LogP contribution < -0.4 is 15.0 Å². The number of sulfonamides is 1. The van der Waals surface area contributed by atoms with Gasteiger partial charge in [-0.25, -0.2) is 8.42 Å². The first-order valence-corrected chi connectivity index (χ1v) is 13.7. The molecule has 2 heterocycles. The van der Waals surface area contributed by atoms with Crippen molar-refractivity contribution in [3.63, 3.8) is 0 Å². The van der Waals surface area contributed by atoms with Crippen LogP contribution in [0.1, 0.15) is 24.0 Å². The van der Waals surface area contributed by atoms with Crippen molar-refractivity contribution in [2.75, 3.05) is 58.8 Å². The van der Waals surface area contributed by atoms with Crippen LogP contribution in [0.25, 0.3) is 0 Å². The quantitative estimate of drug-likeness (QED) is 0.498. The molecule has 1 aliphatic rings. The number of benzene rings is 1. The second-order valence-electron chi connectivity index (χ2n) is 9.54. The van der Waals surface area contributed by atoms with Crippen LogP contribution in [0.4, 0.5) is 5.69 Å². The summed E-state index contributed by atoms with van der Waals surface area (Å²) in [5, 5.41) is 2.56. The Morgan fingerprint density at radius 3 is 2.27 bits per heavy atom. The van der Waals surface area contributed by atoms with E-state index in [1.54, 1.807) is 50.3 Å². The predicted molar refractivity (Wildman–Crippen MR) is 142 cm³/mol. The smallest absolute Gasteiger partial charge is 0.243 e. The molecule has 202 valence electrons. The first-order chi connectivity index (χ1) is 17.5. The van der Waals surface area contributed by atoms with Gasteiger partial charge in [-0.3, -0.25) is 14.6 Å². The Kier molecular flexibility index (Phi) is 9.50. The maximum absolute atomic E-state index is 13.1. The van der Waals surface area contributed by atoms with E-state index in [0.29, 0.717) is 29.3 Å². The van der Waals surface area contributed by atoms with Crippen molar-refractivity contribution in [3.05, 3.63) is 47.8 Å². The molecule has 2 amide bonds. The number of nitrogens with zero attached hydrogens (tertiary/aromatic N) is 4. The topological polar surface area (TPSA) is 112 Å². The number of aryl methyl sites for hydroxylation is 2. The van der Waals surface area contributed by atoms with Crippen LogP contribution in [0, 0.1) is 19.8 Å². The van der Waals surface area contributed by atoms with Gasteiger partial charge in [0.2, 0.25) is 21.8 Å². The van der Waals surface area contributed by atoms with Crippen LogP contribution in [0.5, 0.6) is 5.75 Å². The second-order valence-corrected chi connectivity index (χ2v) is 11.5. The van der Waals surface area contributed by atoms with Gasteiger partial charge in [-0.05, 0) is 68.0 Å². The Morgan fingerprint density at radius 2 is 1.70 bits per heavy atom. The number of pyridine rings is 1. The SMILES string of the molecule is COc1cc(C)c(S(=O)(=O)N(C)CC(=O)NCC(=O)N(C)CC2CCN(c3ccncc3)CC2)c(C)c1. The fourth-order valence-electron chi connectivity index (χ4n) is 4.66. The first-order valence-electron chi connectivity index (χ1n) is 12.3. The molecule has 1 aromatic carbocycles. The zero-order chi connectivity index (χ0) is 27.2.